The number of carbonyl (C=O) groups is 1. The van der Waals surface area contributed by atoms with Crippen LogP contribution in [0.15, 0.2) is 77.8 Å². The second-order valence-electron chi connectivity index (χ2n) is 6.66. The van der Waals surface area contributed by atoms with E-state index < -0.39 is 0 Å². The van der Waals surface area contributed by atoms with Crippen molar-refractivity contribution in [2.45, 2.75) is 13.8 Å². The Kier molecular flexibility index (Phi) is 5.07. The van der Waals surface area contributed by atoms with Gasteiger partial charge in [0, 0.05) is 11.8 Å². The Morgan fingerprint density at radius 2 is 1.76 bits per heavy atom. The lowest BCUT2D eigenvalue weighted by Crippen LogP contribution is -2.20. The third kappa shape index (κ3) is 4.01. The highest BCUT2D eigenvalue weighted by Gasteiger charge is 2.14. The zero-order chi connectivity index (χ0) is 20.2. The molecule has 4 aromatic rings. The van der Waals surface area contributed by atoms with E-state index in [4.69, 9.17) is 4.42 Å². The van der Waals surface area contributed by atoms with E-state index in [1.54, 1.807) is 24.5 Å². The van der Waals surface area contributed by atoms with Crippen molar-refractivity contribution >= 4 is 17.4 Å². The van der Waals surface area contributed by atoms with Crippen LogP contribution >= 0.6 is 0 Å². The first-order chi connectivity index (χ1) is 14.1. The van der Waals surface area contributed by atoms with Crippen molar-refractivity contribution in [2.24, 2.45) is 0 Å². The number of aryl methyl sites for hydroxylation is 2. The van der Waals surface area contributed by atoms with Crippen LogP contribution < -0.4 is 10.6 Å². The maximum absolute atomic E-state index is 12.6. The molecule has 0 aliphatic heterocycles. The van der Waals surface area contributed by atoms with Crippen molar-refractivity contribution in [1.82, 2.24) is 9.97 Å². The molecule has 0 saturated carbocycles. The number of urea groups is 1. The number of pyridine rings is 1. The summed E-state index contributed by atoms with van der Waals surface area (Å²) in [5.74, 6) is 0.577. The van der Waals surface area contributed by atoms with Gasteiger partial charge in [0.05, 0.1) is 23.3 Å². The van der Waals surface area contributed by atoms with Crippen LogP contribution in [-0.2, 0) is 0 Å². The molecular weight excluding hydrogens is 364 g/mol. The van der Waals surface area contributed by atoms with E-state index in [1.165, 1.54) is 12.0 Å². The van der Waals surface area contributed by atoms with Crippen molar-refractivity contribution in [3.8, 4) is 22.5 Å². The number of rotatable bonds is 4. The summed E-state index contributed by atoms with van der Waals surface area (Å²) in [5.41, 5.74) is 6.09. The fourth-order valence-electron chi connectivity index (χ4n) is 3.16. The maximum atomic E-state index is 12.6. The average molecular weight is 384 g/mol. The van der Waals surface area contributed by atoms with Gasteiger partial charge in [0.1, 0.15) is 0 Å². The summed E-state index contributed by atoms with van der Waals surface area (Å²) in [6, 6.07) is 17.2. The number of nitrogens with zero attached hydrogens (tertiary/aromatic N) is 2. The summed E-state index contributed by atoms with van der Waals surface area (Å²) >= 11 is 0. The number of oxazole rings is 1. The van der Waals surface area contributed by atoms with Crippen molar-refractivity contribution < 1.29 is 9.21 Å². The molecule has 6 heteroatoms. The van der Waals surface area contributed by atoms with E-state index in [0.29, 0.717) is 17.1 Å². The Balaban J connectivity index is 1.67. The van der Waals surface area contributed by atoms with Crippen LogP contribution in [0.2, 0.25) is 0 Å². The lowest BCUT2D eigenvalue weighted by Gasteiger charge is -2.14. The standard InChI is InChI=1S/C23H20N4O2/c1-15-6-3-4-7-18(15)17-9-10-21(19(12-17)22-13-24-14-29-22)27-23(28)26-20-8-5-11-25-16(20)2/h3-14H,1-2H3,(H2,26,27,28). The fourth-order valence-corrected chi connectivity index (χ4v) is 3.16. The predicted molar refractivity (Wildman–Crippen MR) is 114 cm³/mol. The van der Waals surface area contributed by atoms with E-state index in [9.17, 15) is 4.79 Å². The van der Waals surface area contributed by atoms with Crippen molar-refractivity contribution in [3.05, 3.63) is 84.6 Å². The molecule has 0 aliphatic carbocycles. The summed E-state index contributed by atoms with van der Waals surface area (Å²) in [6.07, 6.45) is 4.69. The summed E-state index contributed by atoms with van der Waals surface area (Å²) in [7, 11) is 0. The third-order valence-electron chi connectivity index (χ3n) is 4.68. The second-order valence-corrected chi connectivity index (χ2v) is 6.66. The molecule has 2 heterocycles. The zero-order valence-corrected chi connectivity index (χ0v) is 16.1. The Morgan fingerprint density at radius 1 is 0.931 bits per heavy atom. The first kappa shape index (κ1) is 18.4. The molecule has 4 rings (SSSR count). The van der Waals surface area contributed by atoms with Gasteiger partial charge < -0.3 is 15.1 Å². The SMILES string of the molecule is Cc1ccccc1-c1ccc(NC(=O)Nc2cccnc2C)c(-c2cnco2)c1. The van der Waals surface area contributed by atoms with Crippen LogP contribution in [0.3, 0.4) is 0 Å². The first-order valence-electron chi connectivity index (χ1n) is 9.20. The molecule has 0 aliphatic rings. The number of aromatic nitrogens is 2. The van der Waals surface area contributed by atoms with E-state index in [-0.39, 0.29) is 6.03 Å². The minimum absolute atomic E-state index is 0.356. The molecule has 0 saturated heterocycles. The number of carbonyl (C=O) groups excluding carboxylic acids is 1. The van der Waals surface area contributed by atoms with Gasteiger partial charge in [-0.05, 0) is 54.8 Å². The van der Waals surface area contributed by atoms with Crippen molar-refractivity contribution in [2.75, 3.05) is 10.6 Å². The quantitative estimate of drug-likeness (QED) is 0.475. The lowest BCUT2D eigenvalue weighted by atomic mass is 9.97. The molecule has 2 aromatic carbocycles. The number of benzene rings is 2. The molecule has 144 valence electrons. The minimum atomic E-state index is -0.356. The second kappa shape index (κ2) is 7.98. The largest absolute Gasteiger partial charge is 0.443 e. The van der Waals surface area contributed by atoms with Gasteiger partial charge in [0.25, 0.3) is 0 Å². The van der Waals surface area contributed by atoms with E-state index in [2.05, 4.69) is 39.7 Å². The summed E-state index contributed by atoms with van der Waals surface area (Å²) in [6.45, 7) is 3.91. The fraction of sp³-hybridized carbons (Fsp3) is 0.0870. The Labute approximate surface area is 168 Å². The topological polar surface area (TPSA) is 80.0 Å². The normalized spacial score (nSPS) is 10.6. The van der Waals surface area contributed by atoms with Crippen LogP contribution in [0.25, 0.3) is 22.5 Å². The highest BCUT2D eigenvalue weighted by Crippen LogP contribution is 2.34. The van der Waals surface area contributed by atoms with Crippen LogP contribution in [-0.4, -0.2) is 16.0 Å². The van der Waals surface area contributed by atoms with Gasteiger partial charge >= 0.3 is 6.03 Å². The van der Waals surface area contributed by atoms with Gasteiger partial charge in [-0.25, -0.2) is 9.78 Å². The van der Waals surface area contributed by atoms with Gasteiger partial charge in [0.2, 0.25) is 0 Å². The van der Waals surface area contributed by atoms with Gasteiger partial charge in [-0.15, -0.1) is 0 Å². The van der Waals surface area contributed by atoms with Crippen LogP contribution in [0, 0.1) is 13.8 Å². The van der Waals surface area contributed by atoms with Crippen molar-refractivity contribution in [1.29, 1.82) is 0 Å². The molecule has 0 radical (unpaired) electrons. The smallest absolute Gasteiger partial charge is 0.323 e. The maximum Gasteiger partial charge on any atom is 0.323 e. The number of nitrogens with one attached hydrogen (secondary N) is 2. The van der Waals surface area contributed by atoms with E-state index in [1.807, 2.05) is 37.3 Å². The highest BCUT2D eigenvalue weighted by molar-refractivity contribution is 6.02. The molecule has 0 bridgehead atoms. The Bertz CT molecular complexity index is 1150. The van der Waals surface area contributed by atoms with E-state index in [0.717, 1.165) is 22.4 Å². The Morgan fingerprint density at radius 3 is 2.52 bits per heavy atom. The molecule has 0 unspecified atom stereocenters. The molecule has 2 amide bonds. The van der Waals surface area contributed by atoms with Crippen LogP contribution in [0.1, 0.15) is 11.3 Å². The van der Waals surface area contributed by atoms with Crippen molar-refractivity contribution in [3.63, 3.8) is 0 Å². The lowest BCUT2D eigenvalue weighted by molar-refractivity contribution is 0.262. The van der Waals surface area contributed by atoms with E-state index >= 15 is 0 Å². The van der Waals surface area contributed by atoms with Crippen LogP contribution in [0.5, 0.6) is 0 Å². The molecule has 2 aromatic heterocycles. The van der Waals surface area contributed by atoms with Gasteiger partial charge in [0.15, 0.2) is 12.2 Å². The molecule has 0 spiro atoms. The molecule has 29 heavy (non-hydrogen) atoms. The minimum Gasteiger partial charge on any atom is -0.443 e. The monoisotopic (exact) mass is 384 g/mol. The number of anilines is 2. The number of amides is 2. The number of hydrogen-bond acceptors (Lipinski definition) is 4. The number of hydrogen-bond donors (Lipinski definition) is 2. The van der Waals surface area contributed by atoms with Gasteiger partial charge in [-0.3, -0.25) is 4.98 Å². The molecule has 0 atom stereocenters. The highest BCUT2D eigenvalue weighted by atomic mass is 16.3. The molecular formula is C23H20N4O2. The van der Waals surface area contributed by atoms with Gasteiger partial charge in [-0.1, -0.05) is 30.3 Å². The molecule has 0 fully saturated rings. The zero-order valence-electron chi connectivity index (χ0n) is 16.1. The third-order valence-corrected chi connectivity index (χ3v) is 4.68. The summed E-state index contributed by atoms with van der Waals surface area (Å²) in [5, 5.41) is 5.73. The Hall–Kier alpha value is -3.93. The average Bonchev–Trinajstić information content (AvgIpc) is 3.25. The summed E-state index contributed by atoms with van der Waals surface area (Å²) < 4.78 is 5.51. The molecule has 2 N–H and O–H groups in total. The molecule has 6 nitrogen and oxygen atoms in total. The summed E-state index contributed by atoms with van der Waals surface area (Å²) in [4.78, 5) is 20.8. The van der Waals surface area contributed by atoms with Gasteiger partial charge in [-0.2, -0.15) is 0 Å². The predicted octanol–water partition coefficient (Wildman–Crippen LogP) is 5.66. The van der Waals surface area contributed by atoms with Crippen LogP contribution in [0.4, 0.5) is 16.2 Å². The first-order valence-corrected chi connectivity index (χ1v) is 9.20.